The minimum absolute atomic E-state index is 0.234. The zero-order chi connectivity index (χ0) is 12.4. The third-order valence-corrected chi connectivity index (χ3v) is 2.55. The number of halogens is 1. The van der Waals surface area contributed by atoms with E-state index in [4.69, 9.17) is 0 Å². The van der Waals surface area contributed by atoms with Crippen LogP contribution in [-0.4, -0.2) is 19.8 Å². The predicted molar refractivity (Wildman–Crippen MR) is 64.5 cm³/mol. The van der Waals surface area contributed by atoms with Gasteiger partial charge in [-0.05, 0) is 29.8 Å². The summed E-state index contributed by atoms with van der Waals surface area (Å²) in [6, 6.07) is 10.0. The molecule has 5 nitrogen and oxygen atoms in total. The van der Waals surface area contributed by atoms with E-state index >= 15 is 0 Å². The van der Waals surface area contributed by atoms with Gasteiger partial charge in [0.25, 0.3) is 0 Å². The number of hydrogen-bond acceptors (Lipinski definition) is 4. The average molecular weight is 243 g/mol. The van der Waals surface area contributed by atoms with Gasteiger partial charge in [-0.2, -0.15) is 4.52 Å². The molecule has 0 bridgehead atoms. The summed E-state index contributed by atoms with van der Waals surface area (Å²) in [5.41, 5.74) is 1.68. The van der Waals surface area contributed by atoms with E-state index in [1.165, 1.54) is 12.1 Å². The zero-order valence-electron chi connectivity index (χ0n) is 9.42. The van der Waals surface area contributed by atoms with E-state index in [-0.39, 0.29) is 5.82 Å². The molecule has 0 fully saturated rings. The van der Waals surface area contributed by atoms with Crippen LogP contribution in [0.15, 0.2) is 42.7 Å². The molecule has 18 heavy (non-hydrogen) atoms. The van der Waals surface area contributed by atoms with Crippen molar-refractivity contribution in [3.8, 4) is 0 Å². The molecule has 0 saturated heterocycles. The molecule has 6 heteroatoms. The van der Waals surface area contributed by atoms with Crippen LogP contribution in [-0.2, 0) is 6.54 Å². The molecule has 0 radical (unpaired) electrons. The van der Waals surface area contributed by atoms with Gasteiger partial charge in [-0.15, -0.1) is 15.3 Å². The van der Waals surface area contributed by atoms with Crippen LogP contribution in [0.25, 0.3) is 5.65 Å². The van der Waals surface area contributed by atoms with Crippen molar-refractivity contribution >= 4 is 11.5 Å². The van der Waals surface area contributed by atoms with Gasteiger partial charge in [-0.25, -0.2) is 4.39 Å². The minimum Gasteiger partial charge on any atom is -0.365 e. The first-order chi connectivity index (χ1) is 8.81. The van der Waals surface area contributed by atoms with E-state index in [9.17, 15) is 4.39 Å². The smallest absolute Gasteiger partial charge is 0.177 e. The SMILES string of the molecule is Fc1ccc(CNc2ccc3nncn3n2)cc1. The minimum atomic E-state index is -0.234. The third kappa shape index (κ3) is 2.13. The Hall–Kier alpha value is -2.50. The lowest BCUT2D eigenvalue weighted by atomic mass is 10.2. The van der Waals surface area contributed by atoms with Crippen LogP contribution in [0.1, 0.15) is 5.56 Å². The van der Waals surface area contributed by atoms with E-state index in [0.29, 0.717) is 18.0 Å². The van der Waals surface area contributed by atoms with E-state index in [1.807, 2.05) is 12.1 Å². The Morgan fingerprint density at radius 2 is 1.94 bits per heavy atom. The number of hydrogen-bond donors (Lipinski definition) is 1. The number of aromatic nitrogens is 4. The van der Waals surface area contributed by atoms with Crippen LogP contribution >= 0.6 is 0 Å². The van der Waals surface area contributed by atoms with Crippen molar-refractivity contribution in [2.45, 2.75) is 6.54 Å². The number of benzene rings is 1. The molecule has 2 aromatic heterocycles. The van der Waals surface area contributed by atoms with Crippen molar-refractivity contribution in [1.82, 2.24) is 19.8 Å². The fourth-order valence-corrected chi connectivity index (χ4v) is 1.62. The third-order valence-electron chi connectivity index (χ3n) is 2.55. The molecule has 2 heterocycles. The van der Waals surface area contributed by atoms with Gasteiger partial charge >= 0.3 is 0 Å². The van der Waals surface area contributed by atoms with Crippen molar-refractivity contribution < 1.29 is 4.39 Å². The molecular formula is C12H10FN5. The molecule has 0 atom stereocenters. The Balaban J connectivity index is 1.74. The van der Waals surface area contributed by atoms with Gasteiger partial charge in [0.1, 0.15) is 18.0 Å². The highest BCUT2D eigenvalue weighted by atomic mass is 19.1. The fourth-order valence-electron chi connectivity index (χ4n) is 1.62. The van der Waals surface area contributed by atoms with Crippen LogP contribution in [0.2, 0.25) is 0 Å². The molecule has 0 spiro atoms. The molecule has 3 rings (SSSR count). The summed E-state index contributed by atoms with van der Waals surface area (Å²) in [6.07, 6.45) is 1.54. The van der Waals surface area contributed by atoms with Crippen molar-refractivity contribution in [2.24, 2.45) is 0 Å². The number of anilines is 1. The lowest BCUT2D eigenvalue weighted by Crippen LogP contribution is -2.03. The highest BCUT2D eigenvalue weighted by Crippen LogP contribution is 2.08. The second-order valence-corrected chi connectivity index (χ2v) is 3.83. The maximum absolute atomic E-state index is 12.7. The van der Waals surface area contributed by atoms with Crippen molar-refractivity contribution in [3.63, 3.8) is 0 Å². The van der Waals surface area contributed by atoms with E-state index in [1.54, 1.807) is 23.0 Å². The highest BCUT2D eigenvalue weighted by Gasteiger charge is 1.99. The van der Waals surface area contributed by atoms with Crippen molar-refractivity contribution in [3.05, 3.63) is 54.1 Å². The van der Waals surface area contributed by atoms with Gasteiger partial charge in [0.2, 0.25) is 0 Å². The summed E-state index contributed by atoms with van der Waals surface area (Å²) in [6.45, 7) is 0.584. The second-order valence-electron chi connectivity index (χ2n) is 3.83. The molecule has 3 aromatic rings. The Bertz CT molecular complexity index is 662. The Kier molecular flexibility index (Phi) is 2.60. The quantitative estimate of drug-likeness (QED) is 0.763. The van der Waals surface area contributed by atoms with Crippen LogP contribution in [0.4, 0.5) is 10.2 Å². The summed E-state index contributed by atoms with van der Waals surface area (Å²) in [4.78, 5) is 0. The monoisotopic (exact) mass is 243 g/mol. The van der Waals surface area contributed by atoms with E-state index < -0.39 is 0 Å². The maximum atomic E-state index is 12.7. The van der Waals surface area contributed by atoms with Crippen molar-refractivity contribution in [2.75, 3.05) is 5.32 Å². The standard InChI is InChI=1S/C12H10FN5/c13-10-3-1-9(2-4-10)7-14-11-5-6-12-16-15-8-18(12)17-11/h1-6,8H,7H2,(H,14,17). The molecule has 0 unspecified atom stereocenters. The zero-order valence-corrected chi connectivity index (χ0v) is 9.42. The van der Waals surface area contributed by atoms with Gasteiger partial charge in [0, 0.05) is 6.54 Å². The molecule has 90 valence electrons. The van der Waals surface area contributed by atoms with Gasteiger partial charge in [0.05, 0.1) is 0 Å². The van der Waals surface area contributed by atoms with Gasteiger partial charge in [-0.1, -0.05) is 12.1 Å². The second kappa shape index (κ2) is 4.40. The molecule has 1 aromatic carbocycles. The molecule has 0 aliphatic carbocycles. The molecule has 0 aliphatic rings. The van der Waals surface area contributed by atoms with Crippen LogP contribution < -0.4 is 5.32 Å². The normalized spacial score (nSPS) is 10.7. The van der Waals surface area contributed by atoms with Crippen LogP contribution in [0.5, 0.6) is 0 Å². The van der Waals surface area contributed by atoms with Crippen LogP contribution in [0, 0.1) is 5.82 Å². The first kappa shape index (κ1) is 10.6. The average Bonchev–Trinajstić information content (AvgIpc) is 2.85. The number of nitrogens with zero attached hydrogens (tertiary/aromatic N) is 4. The number of rotatable bonds is 3. The Morgan fingerprint density at radius 3 is 2.78 bits per heavy atom. The maximum Gasteiger partial charge on any atom is 0.177 e. The Morgan fingerprint density at radius 1 is 1.11 bits per heavy atom. The lowest BCUT2D eigenvalue weighted by Gasteiger charge is -2.05. The van der Waals surface area contributed by atoms with Crippen LogP contribution in [0.3, 0.4) is 0 Å². The number of fused-ring (bicyclic) bond motifs is 1. The topological polar surface area (TPSA) is 55.1 Å². The first-order valence-electron chi connectivity index (χ1n) is 5.47. The molecule has 1 N–H and O–H groups in total. The molecule has 0 amide bonds. The summed E-state index contributed by atoms with van der Waals surface area (Å²) in [5, 5.41) is 15.0. The van der Waals surface area contributed by atoms with Crippen molar-refractivity contribution in [1.29, 1.82) is 0 Å². The first-order valence-corrected chi connectivity index (χ1v) is 5.47. The lowest BCUT2D eigenvalue weighted by molar-refractivity contribution is 0.627. The van der Waals surface area contributed by atoms with Gasteiger partial charge in [-0.3, -0.25) is 0 Å². The predicted octanol–water partition coefficient (Wildman–Crippen LogP) is 1.88. The molecule has 0 saturated carbocycles. The van der Waals surface area contributed by atoms with Gasteiger partial charge < -0.3 is 5.32 Å². The van der Waals surface area contributed by atoms with E-state index in [0.717, 1.165) is 5.56 Å². The molecular weight excluding hydrogens is 233 g/mol. The highest BCUT2D eigenvalue weighted by molar-refractivity contribution is 5.43. The Labute approximate surface area is 102 Å². The summed E-state index contributed by atoms with van der Waals surface area (Å²) in [7, 11) is 0. The summed E-state index contributed by atoms with van der Waals surface area (Å²) in [5.74, 6) is 0.481. The largest absolute Gasteiger partial charge is 0.365 e. The summed E-state index contributed by atoms with van der Waals surface area (Å²) < 4.78 is 14.3. The fraction of sp³-hybridized carbons (Fsp3) is 0.0833. The molecule has 0 aliphatic heterocycles. The summed E-state index contributed by atoms with van der Waals surface area (Å²) >= 11 is 0. The van der Waals surface area contributed by atoms with Gasteiger partial charge in [0.15, 0.2) is 5.65 Å². The number of nitrogens with one attached hydrogen (secondary N) is 1. The van der Waals surface area contributed by atoms with E-state index in [2.05, 4.69) is 20.6 Å².